The molecule has 3 nitrogen and oxygen atoms in total. The molecule has 0 heterocycles. The second-order valence-corrected chi connectivity index (χ2v) is 2.49. The Morgan fingerprint density at radius 3 is 2.30 bits per heavy atom. The van der Waals surface area contributed by atoms with E-state index in [0.717, 1.165) is 0 Å². The zero-order valence-electron chi connectivity index (χ0n) is 6.83. The minimum atomic E-state index is -0.493. The predicted molar refractivity (Wildman–Crippen MR) is 39.0 cm³/mol. The SMILES string of the molecule is COCC(O)COC(C)C. The summed E-state index contributed by atoms with van der Waals surface area (Å²) in [4.78, 5) is 0. The van der Waals surface area contributed by atoms with Crippen LogP contribution in [0, 0.1) is 0 Å². The molecule has 3 heteroatoms. The Morgan fingerprint density at radius 1 is 1.30 bits per heavy atom. The molecule has 0 bridgehead atoms. The van der Waals surface area contributed by atoms with Gasteiger partial charge in [0.2, 0.25) is 0 Å². The summed E-state index contributed by atoms with van der Waals surface area (Å²) in [5, 5.41) is 9.05. The summed E-state index contributed by atoms with van der Waals surface area (Å²) in [7, 11) is 1.55. The Morgan fingerprint density at radius 2 is 1.90 bits per heavy atom. The van der Waals surface area contributed by atoms with Crippen molar-refractivity contribution < 1.29 is 14.6 Å². The molecule has 1 atom stereocenters. The lowest BCUT2D eigenvalue weighted by Crippen LogP contribution is -2.22. The van der Waals surface area contributed by atoms with E-state index >= 15 is 0 Å². The number of ether oxygens (including phenoxy) is 2. The third-order valence-corrected chi connectivity index (χ3v) is 0.981. The van der Waals surface area contributed by atoms with Gasteiger partial charge in [-0.25, -0.2) is 0 Å². The van der Waals surface area contributed by atoms with E-state index in [2.05, 4.69) is 0 Å². The number of methoxy groups -OCH3 is 1. The number of rotatable bonds is 5. The van der Waals surface area contributed by atoms with Gasteiger partial charge in [0.15, 0.2) is 0 Å². The van der Waals surface area contributed by atoms with Gasteiger partial charge in [0.05, 0.1) is 19.3 Å². The summed E-state index contributed by atoms with van der Waals surface area (Å²) in [5.74, 6) is 0. The van der Waals surface area contributed by atoms with Crippen LogP contribution in [0.3, 0.4) is 0 Å². The van der Waals surface area contributed by atoms with Crippen LogP contribution in [0.15, 0.2) is 0 Å². The summed E-state index contributed by atoms with van der Waals surface area (Å²) in [6.45, 7) is 4.55. The summed E-state index contributed by atoms with van der Waals surface area (Å²) in [6, 6.07) is 0. The monoisotopic (exact) mass is 148 g/mol. The molecular weight excluding hydrogens is 132 g/mol. The van der Waals surface area contributed by atoms with Crippen molar-refractivity contribution >= 4 is 0 Å². The zero-order valence-corrected chi connectivity index (χ0v) is 6.83. The second-order valence-electron chi connectivity index (χ2n) is 2.49. The molecule has 0 aliphatic heterocycles. The molecule has 0 saturated carbocycles. The molecule has 0 radical (unpaired) electrons. The first kappa shape index (κ1) is 9.88. The summed E-state index contributed by atoms with van der Waals surface area (Å²) in [5.41, 5.74) is 0. The Labute approximate surface area is 62.0 Å². The van der Waals surface area contributed by atoms with Crippen LogP contribution in [0.1, 0.15) is 13.8 Å². The van der Waals surface area contributed by atoms with Crippen LogP contribution in [0.25, 0.3) is 0 Å². The fourth-order valence-corrected chi connectivity index (χ4v) is 0.544. The van der Waals surface area contributed by atoms with E-state index in [0.29, 0.717) is 13.2 Å². The molecule has 0 aliphatic rings. The van der Waals surface area contributed by atoms with E-state index in [4.69, 9.17) is 14.6 Å². The van der Waals surface area contributed by atoms with Crippen LogP contribution in [0.2, 0.25) is 0 Å². The normalized spacial score (nSPS) is 14.1. The van der Waals surface area contributed by atoms with Crippen LogP contribution in [0.4, 0.5) is 0 Å². The van der Waals surface area contributed by atoms with Crippen LogP contribution >= 0.6 is 0 Å². The Kier molecular flexibility index (Phi) is 5.58. The highest BCUT2D eigenvalue weighted by Crippen LogP contribution is 1.91. The van der Waals surface area contributed by atoms with E-state index in [1.807, 2.05) is 13.8 Å². The van der Waals surface area contributed by atoms with E-state index in [1.165, 1.54) is 0 Å². The molecule has 0 aromatic carbocycles. The van der Waals surface area contributed by atoms with Crippen LogP contribution in [0.5, 0.6) is 0 Å². The lowest BCUT2D eigenvalue weighted by Gasteiger charge is -2.11. The van der Waals surface area contributed by atoms with Crippen molar-refractivity contribution in [2.45, 2.75) is 26.1 Å². The first-order valence-corrected chi connectivity index (χ1v) is 3.45. The predicted octanol–water partition coefficient (Wildman–Crippen LogP) is 0.419. The van der Waals surface area contributed by atoms with Gasteiger partial charge in [0.1, 0.15) is 6.10 Å². The van der Waals surface area contributed by atoms with Crippen molar-refractivity contribution in [3.8, 4) is 0 Å². The van der Waals surface area contributed by atoms with Crippen LogP contribution in [-0.2, 0) is 9.47 Å². The smallest absolute Gasteiger partial charge is 0.101 e. The average Bonchev–Trinajstić information content (AvgIpc) is 1.85. The van der Waals surface area contributed by atoms with Crippen molar-refractivity contribution in [1.82, 2.24) is 0 Å². The molecule has 62 valence electrons. The highest BCUT2D eigenvalue weighted by atomic mass is 16.5. The van der Waals surface area contributed by atoms with Gasteiger partial charge in [-0.3, -0.25) is 0 Å². The highest BCUT2D eigenvalue weighted by molar-refractivity contribution is 4.51. The van der Waals surface area contributed by atoms with Crippen molar-refractivity contribution in [3.05, 3.63) is 0 Å². The van der Waals surface area contributed by atoms with Crippen LogP contribution in [-0.4, -0.2) is 37.6 Å². The molecule has 0 aliphatic carbocycles. The topological polar surface area (TPSA) is 38.7 Å². The molecule has 0 fully saturated rings. The maximum atomic E-state index is 9.05. The Balaban J connectivity index is 3.12. The molecule has 0 spiro atoms. The maximum Gasteiger partial charge on any atom is 0.101 e. The Hall–Kier alpha value is -0.120. The van der Waals surface area contributed by atoms with Gasteiger partial charge in [-0.2, -0.15) is 0 Å². The standard InChI is InChI=1S/C7H16O3/c1-6(2)10-5-7(8)4-9-3/h6-8H,4-5H2,1-3H3. The molecule has 1 unspecified atom stereocenters. The summed E-state index contributed by atoms with van der Waals surface area (Å²) < 4.78 is 9.83. The third-order valence-electron chi connectivity index (χ3n) is 0.981. The summed E-state index contributed by atoms with van der Waals surface area (Å²) in [6.07, 6.45) is -0.320. The number of aliphatic hydroxyl groups is 1. The van der Waals surface area contributed by atoms with Gasteiger partial charge in [-0.15, -0.1) is 0 Å². The van der Waals surface area contributed by atoms with Gasteiger partial charge in [0, 0.05) is 7.11 Å². The number of aliphatic hydroxyl groups excluding tert-OH is 1. The molecule has 0 amide bonds. The highest BCUT2D eigenvalue weighted by Gasteiger charge is 2.03. The van der Waals surface area contributed by atoms with Crippen molar-refractivity contribution in [2.75, 3.05) is 20.3 Å². The largest absolute Gasteiger partial charge is 0.388 e. The quantitative estimate of drug-likeness (QED) is 0.614. The first-order valence-electron chi connectivity index (χ1n) is 3.45. The molecular formula is C7H16O3. The molecule has 10 heavy (non-hydrogen) atoms. The van der Waals surface area contributed by atoms with E-state index in [1.54, 1.807) is 7.11 Å². The Bertz CT molecular complexity index is 73.3. The summed E-state index contributed by atoms with van der Waals surface area (Å²) >= 11 is 0. The second kappa shape index (κ2) is 5.65. The number of hydrogen-bond acceptors (Lipinski definition) is 3. The van der Waals surface area contributed by atoms with E-state index in [-0.39, 0.29) is 6.10 Å². The van der Waals surface area contributed by atoms with Crippen molar-refractivity contribution in [2.24, 2.45) is 0 Å². The molecule has 0 rings (SSSR count). The van der Waals surface area contributed by atoms with Gasteiger partial charge >= 0.3 is 0 Å². The van der Waals surface area contributed by atoms with Gasteiger partial charge in [-0.05, 0) is 13.8 Å². The number of hydrogen-bond donors (Lipinski definition) is 1. The lowest BCUT2D eigenvalue weighted by atomic mass is 10.4. The zero-order chi connectivity index (χ0) is 7.98. The van der Waals surface area contributed by atoms with E-state index in [9.17, 15) is 0 Å². The first-order chi connectivity index (χ1) is 4.66. The molecule has 0 saturated heterocycles. The fraction of sp³-hybridized carbons (Fsp3) is 1.00. The third kappa shape index (κ3) is 6.01. The average molecular weight is 148 g/mol. The van der Waals surface area contributed by atoms with Gasteiger partial charge < -0.3 is 14.6 Å². The minimum absolute atomic E-state index is 0.173. The molecule has 0 aromatic heterocycles. The van der Waals surface area contributed by atoms with Crippen molar-refractivity contribution in [1.29, 1.82) is 0 Å². The van der Waals surface area contributed by atoms with Gasteiger partial charge in [-0.1, -0.05) is 0 Å². The van der Waals surface area contributed by atoms with Gasteiger partial charge in [0.25, 0.3) is 0 Å². The van der Waals surface area contributed by atoms with Crippen molar-refractivity contribution in [3.63, 3.8) is 0 Å². The fourth-order valence-electron chi connectivity index (χ4n) is 0.544. The molecule has 0 aromatic rings. The van der Waals surface area contributed by atoms with E-state index < -0.39 is 6.10 Å². The molecule has 1 N–H and O–H groups in total. The maximum absolute atomic E-state index is 9.05. The lowest BCUT2D eigenvalue weighted by molar-refractivity contribution is -0.0258. The van der Waals surface area contributed by atoms with Crippen LogP contribution < -0.4 is 0 Å². The minimum Gasteiger partial charge on any atom is -0.388 e.